The molecule has 0 fully saturated rings. The van der Waals surface area contributed by atoms with Gasteiger partial charge in [0.25, 0.3) is 5.91 Å². The molecule has 1 amide bonds. The number of nitrogens with one attached hydrogen (secondary N) is 1. The fourth-order valence-electron chi connectivity index (χ4n) is 2.33. The van der Waals surface area contributed by atoms with Gasteiger partial charge in [-0.2, -0.15) is 0 Å². The molecule has 1 aromatic heterocycles. The topological polar surface area (TPSA) is 29.1 Å². The molecule has 0 radical (unpaired) electrons. The van der Waals surface area contributed by atoms with E-state index in [9.17, 15) is 4.79 Å². The largest absolute Gasteiger partial charge is 0.335 e. The molecule has 0 aliphatic rings. The Morgan fingerprint density at radius 3 is 2.55 bits per heavy atom. The molecule has 0 atom stereocenters. The number of rotatable bonds is 4. The molecule has 104 valence electrons. The van der Waals surface area contributed by atoms with Crippen molar-refractivity contribution in [2.45, 2.75) is 39.2 Å². The minimum Gasteiger partial charge on any atom is -0.335 e. The fraction of sp³-hybridized carbons (Fsp3) is 0.353. The first kappa shape index (κ1) is 14.6. The number of hydrogen-bond donors (Lipinski definition) is 1. The molecule has 1 aromatic carbocycles. The summed E-state index contributed by atoms with van der Waals surface area (Å²) in [6.45, 7) is 5.99. The highest BCUT2D eigenvalue weighted by atomic mass is 32.1. The molecule has 0 saturated heterocycles. The first-order chi connectivity index (χ1) is 9.56. The molecule has 2 nitrogen and oxygen atoms in total. The third-order valence-electron chi connectivity index (χ3n) is 3.89. The van der Waals surface area contributed by atoms with Gasteiger partial charge in [0.1, 0.15) is 5.54 Å². The number of fused-ring (bicyclic) bond motifs is 1. The summed E-state index contributed by atoms with van der Waals surface area (Å²) < 4.78 is 1.13. The Hall–Kier alpha value is -1.79. The zero-order chi connectivity index (χ0) is 14.8. The van der Waals surface area contributed by atoms with Crippen molar-refractivity contribution in [3.63, 3.8) is 0 Å². The lowest BCUT2D eigenvalue weighted by Gasteiger charge is -2.26. The van der Waals surface area contributed by atoms with Gasteiger partial charge in [0.15, 0.2) is 0 Å². The van der Waals surface area contributed by atoms with Crippen molar-refractivity contribution < 1.29 is 4.79 Å². The van der Waals surface area contributed by atoms with Crippen molar-refractivity contribution in [1.82, 2.24) is 5.32 Å². The summed E-state index contributed by atoms with van der Waals surface area (Å²) in [6.07, 6.45) is 7.07. The first-order valence-corrected chi connectivity index (χ1v) is 7.67. The number of benzene rings is 1. The highest BCUT2D eigenvalue weighted by Gasteiger charge is 2.27. The van der Waals surface area contributed by atoms with Gasteiger partial charge in [-0.1, -0.05) is 38.0 Å². The van der Waals surface area contributed by atoms with Crippen LogP contribution in [0.4, 0.5) is 0 Å². The van der Waals surface area contributed by atoms with E-state index in [0.29, 0.717) is 0 Å². The minimum atomic E-state index is -0.542. The SMILES string of the molecule is C#CC(CC)(CC)NC(=O)c1sc2ccccc2c1C. The van der Waals surface area contributed by atoms with Crippen LogP contribution in [0, 0.1) is 19.3 Å². The fourth-order valence-corrected chi connectivity index (χ4v) is 3.44. The predicted molar refractivity (Wildman–Crippen MR) is 86.2 cm³/mol. The van der Waals surface area contributed by atoms with Crippen LogP contribution in [0.25, 0.3) is 10.1 Å². The van der Waals surface area contributed by atoms with E-state index in [1.807, 2.05) is 45.0 Å². The second kappa shape index (κ2) is 5.68. The summed E-state index contributed by atoms with van der Waals surface area (Å²) in [7, 11) is 0. The van der Waals surface area contributed by atoms with E-state index < -0.39 is 5.54 Å². The third-order valence-corrected chi connectivity index (χ3v) is 5.16. The molecule has 20 heavy (non-hydrogen) atoms. The summed E-state index contributed by atoms with van der Waals surface area (Å²) in [6, 6.07) is 8.07. The van der Waals surface area contributed by atoms with Gasteiger partial charge < -0.3 is 5.32 Å². The monoisotopic (exact) mass is 285 g/mol. The number of amides is 1. The highest BCUT2D eigenvalue weighted by Crippen LogP contribution is 2.31. The summed E-state index contributed by atoms with van der Waals surface area (Å²) >= 11 is 1.52. The molecular weight excluding hydrogens is 266 g/mol. The Kier molecular flexibility index (Phi) is 4.15. The molecule has 0 spiro atoms. The van der Waals surface area contributed by atoms with Crippen LogP contribution < -0.4 is 5.32 Å². The van der Waals surface area contributed by atoms with Crippen LogP contribution in [0.3, 0.4) is 0 Å². The molecule has 1 N–H and O–H groups in total. The van der Waals surface area contributed by atoms with Crippen molar-refractivity contribution in [3.8, 4) is 12.3 Å². The molecule has 3 heteroatoms. The lowest BCUT2D eigenvalue weighted by Crippen LogP contribution is -2.46. The lowest BCUT2D eigenvalue weighted by molar-refractivity contribution is 0.0920. The van der Waals surface area contributed by atoms with E-state index in [2.05, 4.69) is 11.2 Å². The average Bonchev–Trinajstić information content (AvgIpc) is 2.83. The van der Waals surface area contributed by atoms with E-state index >= 15 is 0 Å². The maximum atomic E-state index is 12.5. The Bertz CT molecular complexity index is 674. The Labute approximate surface area is 124 Å². The van der Waals surface area contributed by atoms with Crippen LogP contribution in [-0.2, 0) is 0 Å². The smallest absolute Gasteiger partial charge is 0.262 e. The molecule has 0 saturated carbocycles. The van der Waals surface area contributed by atoms with E-state index in [4.69, 9.17) is 6.42 Å². The van der Waals surface area contributed by atoms with E-state index in [-0.39, 0.29) is 5.91 Å². The van der Waals surface area contributed by atoms with Gasteiger partial charge in [-0.3, -0.25) is 4.79 Å². The van der Waals surface area contributed by atoms with Crippen LogP contribution in [0.15, 0.2) is 24.3 Å². The summed E-state index contributed by atoms with van der Waals surface area (Å²) in [4.78, 5) is 13.3. The highest BCUT2D eigenvalue weighted by molar-refractivity contribution is 7.21. The van der Waals surface area contributed by atoms with Crippen LogP contribution >= 0.6 is 11.3 Å². The van der Waals surface area contributed by atoms with Crippen LogP contribution in [0.5, 0.6) is 0 Å². The normalized spacial score (nSPS) is 11.3. The van der Waals surface area contributed by atoms with Crippen molar-refractivity contribution in [2.24, 2.45) is 0 Å². The maximum Gasteiger partial charge on any atom is 0.262 e. The van der Waals surface area contributed by atoms with Crippen LogP contribution in [-0.4, -0.2) is 11.4 Å². The number of carbonyl (C=O) groups is 1. The Morgan fingerprint density at radius 2 is 2.00 bits per heavy atom. The summed E-state index contributed by atoms with van der Waals surface area (Å²) in [5.74, 6) is 2.68. The zero-order valence-electron chi connectivity index (χ0n) is 12.1. The Morgan fingerprint density at radius 1 is 1.35 bits per heavy atom. The minimum absolute atomic E-state index is 0.0645. The van der Waals surface area contributed by atoms with Gasteiger partial charge in [0, 0.05) is 4.70 Å². The molecule has 1 heterocycles. The van der Waals surface area contributed by atoms with Crippen molar-refractivity contribution >= 4 is 27.3 Å². The van der Waals surface area contributed by atoms with Crippen molar-refractivity contribution in [1.29, 1.82) is 0 Å². The Balaban J connectivity index is 2.37. The van der Waals surface area contributed by atoms with Crippen LogP contribution in [0.1, 0.15) is 41.9 Å². The number of aryl methyl sites for hydroxylation is 1. The van der Waals surface area contributed by atoms with Gasteiger partial charge in [-0.05, 0) is 36.8 Å². The van der Waals surface area contributed by atoms with Crippen molar-refractivity contribution in [3.05, 3.63) is 34.7 Å². The maximum absolute atomic E-state index is 12.5. The van der Waals surface area contributed by atoms with Gasteiger partial charge >= 0.3 is 0 Å². The average molecular weight is 285 g/mol. The summed E-state index contributed by atoms with van der Waals surface area (Å²) in [5.41, 5.74) is 0.487. The number of thiophene rings is 1. The standard InChI is InChI=1S/C17H19NOS/c1-5-17(6-2,7-3)18-16(19)15-12(4)13-10-8-9-11-14(13)20-15/h1,8-11H,6-7H2,2-4H3,(H,18,19). The summed E-state index contributed by atoms with van der Waals surface area (Å²) in [5, 5.41) is 4.17. The molecule has 0 unspecified atom stereocenters. The molecular formula is C17H19NOS. The lowest BCUT2D eigenvalue weighted by atomic mass is 9.93. The quantitative estimate of drug-likeness (QED) is 0.841. The van der Waals surface area contributed by atoms with E-state index in [1.165, 1.54) is 11.3 Å². The number of carbonyl (C=O) groups excluding carboxylic acids is 1. The van der Waals surface area contributed by atoms with Gasteiger partial charge in [-0.15, -0.1) is 17.8 Å². The van der Waals surface area contributed by atoms with Gasteiger partial charge in [-0.25, -0.2) is 0 Å². The van der Waals surface area contributed by atoms with Gasteiger partial charge in [0.2, 0.25) is 0 Å². The number of hydrogen-bond acceptors (Lipinski definition) is 2. The van der Waals surface area contributed by atoms with E-state index in [0.717, 1.165) is 33.4 Å². The molecule has 2 aromatic rings. The third kappa shape index (κ3) is 2.44. The van der Waals surface area contributed by atoms with Crippen LogP contribution in [0.2, 0.25) is 0 Å². The zero-order valence-corrected chi connectivity index (χ0v) is 12.9. The molecule has 0 aliphatic carbocycles. The number of terminal acetylenes is 1. The second-order valence-corrected chi connectivity index (χ2v) is 5.99. The predicted octanol–water partition coefficient (Wildman–Crippen LogP) is 4.13. The molecule has 0 bridgehead atoms. The second-order valence-electron chi connectivity index (χ2n) is 4.94. The molecule has 0 aliphatic heterocycles. The van der Waals surface area contributed by atoms with Crippen molar-refractivity contribution in [2.75, 3.05) is 0 Å². The first-order valence-electron chi connectivity index (χ1n) is 6.85. The molecule has 2 rings (SSSR count). The van der Waals surface area contributed by atoms with E-state index in [1.54, 1.807) is 0 Å². The van der Waals surface area contributed by atoms with Gasteiger partial charge in [0.05, 0.1) is 4.88 Å².